The number of allylic oxidation sites excluding steroid dienone is 3. The van der Waals surface area contributed by atoms with Gasteiger partial charge in [-0.05, 0) is 24.6 Å². The minimum Gasteiger partial charge on any atom is -0.355 e. The van der Waals surface area contributed by atoms with Crippen molar-refractivity contribution in [3.05, 3.63) is 77.0 Å². The molecule has 2 amide bonds. The van der Waals surface area contributed by atoms with Gasteiger partial charge in [0.05, 0.1) is 22.5 Å². The highest BCUT2D eigenvalue weighted by molar-refractivity contribution is 7.17. The second-order valence-corrected chi connectivity index (χ2v) is 7.28. The number of amides is 2. The first-order valence-corrected chi connectivity index (χ1v) is 9.97. The zero-order valence-corrected chi connectivity index (χ0v) is 17.4. The summed E-state index contributed by atoms with van der Waals surface area (Å²) in [5.74, 6) is -0.321. The van der Waals surface area contributed by atoms with Gasteiger partial charge in [0, 0.05) is 34.9 Å². The number of carbonyl (C=O) groups is 2. The number of nitrogens with one attached hydrogen (secondary N) is 4. The van der Waals surface area contributed by atoms with Crippen molar-refractivity contribution in [2.75, 3.05) is 17.7 Å². The molecule has 0 aliphatic carbocycles. The number of hydrogen-bond acceptors (Lipinski definition) is 6. The molecule has 152 valence electrons. The number of carbonyl (C=O) groups excluding carboxylic acids is 2. The van der Waals surface area contributed by atoms with E-state index in [1.54, 1.807) is 24.4 Å². The number of nitrogens with zero attached hydrogens (tertiary/aromatic N) is 1. The van der Waals surface area contributed by atoms with Gasteiger partial charge in [-0.25, -0.2) is 4.98 Å². The molecular weight excluding hydrogens is 398 g/mol. The zero-order valence-electron chi connectivity index (χ0n) is 16.6. The molecule has 0 radical (unpaired) electrons. The van der Waals surface area contributed by atoms with Crippen LogP contribution in [0.5, 0.6) is 0 Å². The lowest BCUT2D eigenvalue weighted by molar-refractivity contribution is 0.0961. The lowest BCUT2D eigenvalue weighted by atomic mass is 10.1. The average Bonchev–Trinajstić information content (AvgIpc) is 3.21. The molecule has 7 nitrogen and oxygen atoms in total. The van der Waals surface area contributed by atoms with E-state index < -0.39 is 0 Å². The molecule has 3 rings (SSSR count). The van der Waals surface area contributed by atoms with E-state index in [9.17, 15) is 9.59 Å². The van der Waals surface area contributed by atoms with Gasteiger partial charge in [-0.15, -0.1) is 11.3 Å². The van der Waals surface area contributed by atoms with Gasteiger partial charge in [0.1, 0.15) is 0 Å². The Balaban J connectivity index is 2.01. The molecule has 0 spiro atoms. The van der Waals surface area contributed by atoms with E-state index in [4.69, 9.17) is 5.41 Å². The summed E-state index contributed by atoms with van der Waals surface area (Å²) >= 11 is 1.49. The molecule has 1 aromatic carbocycles. The first-order chi connectivity index (χ1) is 14.5. The fourth-order valence-electron chi connectivity index (χ4n) is 2.76. The molecule has 0 unspecified atom stereocenters. The lowest BCUT2D eigenvalue weighted by Crippen LogP contribution is -2.20. The first kappa shape index (κ1) is 20.9. The Hall–Kier alpha value is -3.78. The third-order valence-corrected chi connectivity index (χ3v) is 5.44. The highest BCUT2D eigenvalue weighted by Gasteiger charge is 2.17. The second-order valence-electron chi connectivity index (χ2n) is 6.37. The Bertz CT molecular complexity index is 1180. The molecule has 0 saturated carbocycles. The maximum absolute atomic E-state index is 13.0. The molecule has 8 heteroatoms. The lowest BCUT2D eigenvalue weighted by Gasteiger charge is -2.14. The van der Waals surface area contributed by atoms with Gasteiger partial charge < -0.3 is 21.4 Å². The van der Waals surface area contributed by atoms with Crippen LogP contribution in [0.4, 0.5) is 11.5 Å². The van der Waals surface area contributed by atoms with Crippen molar-refractivity contribution in [3.63, 3.8) is 0 Å². The zero-order chi connectivity index (χ0) is 21.7. The van der Waals surface area contributed by atoms with Gasteiger partial charge >= 0.3 is 0 Å². The van der Waals surface area contributed by atoms with Crippen molar-refractivity contribution in [1.82, 2.24) is 10.3 Å². The van der Waals surface area contributed by atoms with Gasteiger partial charge in [-0.2, -0.15) is 0 Å². The number of thiophene rings is 1. The summed E-state index contributed by atoms with van der Waals surface area (Å²) in [5, 5.41) is 18.7. The third kappa shape index (κ3) is 4.28. The maximum atomic E-state index is 13.0. The number of hydrogen-bond donors (Lipinski definition) is 4. The van der Waals surface area contributed by atoms with Crippen molar-refractivity contribution < 1.29 is 9.59 Å². The predicted octanol–water partition coefficient (Wildman–Crippen LogP) is 4.43. The Kier molecular flexibility index (Phi) is 6.38. The third-order valence-electron chi connectivity index (χ3n) is 4.48. The number of aromatic nitrogens is 1. The van der Waals surface area contributed by atoms with E-state index in [2.05, 4.69) is 27.5 Å². The van der Waals surface area contributed by atoms with Crippen LogP contribution in [0.1, 0.15) is 27.6 Å². The summed E-state index contributed by atoms with van der Waals surface area (Å²) in [6, 6.07) is 9.20. The van der Waals surface area contributed by atoms with Crippen LogP contribution in [-0.4, -0.2) is 30.1 Å². The highest BCUT2D eigenvalue weighted by Crippen LogP contribution is 2.28. The van der Waals surface area contributed by atoms with Crippen LogP contribution < -0.4 is 16.0 Å². The van der Waals surface area contributed by atoms with Crippen LogP contribution in [0.3, 0.4) is 0 Å². The molecule has 0 aliphatic rings. The van der Waals surface area contributed by atoms with Gasteiger partial charge in [0.25, 0.3) is 11.8 Å². The van der Waals surface area contributed by atoms with Gasteiger partial charge in [-0.3, -0.25) is 9.59 Å². The molecular formula is C22H21N5O2S. The molecule has 0 atom stereocenters. The number of benzene rings is 1. The summed E-state index contributed by atoms with van der Waals surface area (Å²) in [6.45, 7) is 5.51. The predicted molar refractivity (Wildman–Crippen MR) is 123 cm³/mol. The van der Waals surface area contributed by atoms with Crippen molar-refractivity contribution >= 4 is 51.0 Å². The summed E-state index contributed by atoms with van der Waals surface area (Å²) in [6.07, 6.45) is 4.16. The van der Waals surface area contributed by atoms with E-state index in [1.165, 1.54) is 24.6 Å². The number of fused-ring (bicyclic) bond motifs is 1. The fourth-order valence-corrected chi connectivity index (χ4v) is 3.70. The molecule has 2 heterocycles. The van der Waals surface area contributed by atoms with E-state index in [1.807, 2.05) is 24.3 Å². The normalized spacial score (nSPS) is 11.4. The second kappa shape index (κ2) is 9.15. The van der Waals surface area contributed by atoms with Crippen LogP contribution in [0, 0.1) is 5.41 Å². The maximum Gasteiger partial charge on any atom is 0.257 e. The average molecular weight is 420 g/mol. The molecule has 3 aromatic rings. The van der Waals surface area contributed by atoms with Crippen molar-refractivity contribution in [2.45, 2.75) is 6.92 Å². The fraction of sp³-hybridized carbons (Fsp3) is 0.0909. The summed E-state index contributed by atoms with van der Waals surface area (Å²) in [4.78, 5) is 29.4. The Morgan fingerprint density at radius 2 is 1.97 bits per heavy atom. The first-order valence-electron chi connectivity index (χ1n) is 9.09. The molecule has 4 N–H and O–H groups in total. The Morgan fingerprint density at radius 3 is 2.67 bits per heavy atom. The molecule has 0 saturated heterocycles. The molecule has 0 fully saturated rings. The van der Waals surface area contributed by atoms with E-state index in [0.717, 1.165) is 21.9 Å². The van der Waals surface area contributed by atoms with Crippen LogP contribution in [0.2, 0.25) is 0 Å². The van der Waals surface area contributed by atoms with Crippen molar-refractivity contribution in [1.29, 1.82) is 5.41 Å². The molecule has 30 heavy (non-hydrogen) atoms. The van der Waals surface area contributed by atoms with Crippen LogP contribution in [-0.2, 0) is 0 Å². The molecule has 0 bridgehead atoms. The standard InChI is InChI=1S/C22H21N5O2S/c1-4-13(2)18(10-23)26-20-17(9-14(11-25-20)21(28)24-3)27-22(29)16-12-30-19-8-6-5-7-15(16)19/h4-12,23H,1H2,2-3H3,(H,24,28)(H,25,26)(H,27,29)/b18-13+,23-10?. The molecule has 2 aromatic heterocycles. The van der Waals surface area contributed by atoms with E-state index in [0.29, 0.717) is 28.3 Å². The van der Waals surface area contributed by atoms with Gasteiger partial charge in [-0.1, -0.05) is 30.9 Å². The summed E-state index contributed by atoms with van der Waals surface area (Å²) in [7, 11) is 1.52. The number of anilines is 2. The summed E-state index contributed by atoms with van der Waals surface area (Å²) in [5.41, 5.74) is 2.38. The number of rotatable bonds is 7. The van der Waals surface area contributed by atoms with Crippen molar-refractivity contribution in [3.8, 4) is 0 Å². The smallest absolute Gasteiger partial charge is 0.257 e. The van der Waals surface area contributed by atoms with Crippen LogP contribution in [0.15, 0.2) is 65.8 Å². The highest BCUT2D eigenvalue weighted by atomic mass is 32.1. The minimum atomic E-state index is -0.323. The summed E-state index contributed by atoms with van der Waals surface area (Å²) < 4.78 is 1.01. The van der Waals surface area contributed by atoms with Crippen LogP contribution >= 0.6 is 11.3 Å². The largest absolute Gasteiger partial charge is 0.355 e. The van der Waals surface area contributed by atoms with Gasteiger partial charge in [0.2, 0.25) is 0 Å². The number of pyridine rings is 1. The van der Waals surface area contributed by atoms with Gasteiger partial charge in [0.15, 0.2) is 5.82 Å². The molecule has 0 aliphatic heterocycles. The topological polar surface area (TPSA) is 107 Å². The SMILES string of the molecule is C=C/C(C)=C(\C=N)Nc1ncc(C(=O)NC)cc1NC(=O)c1csc2ccccc12. The quantitative estimate of drug-likeness (QED) is 0.336. The monoisotopic (exact) mass is 419 g/mol. The minimum absolute atomic E-state index is 0.300. The van der Waals surface area contributed by atoms with Crippen LogP contribution in [0.25, 0.3) is 10.1 Å². The van der Waals surface area contributed by atoms with Crippen molar-refractivity contribution in [2.24, 2.45) is 0 Å². The van der Waals surface area contributed by atoms with E-state index >= 15 is 0 Å². The Morgan fingerprint density at radius 1 is 1.20 bits per heavy atom. The Labute approximate surface area is 178 Å². The van der Waals surface area contributed by atoms with E-state index in [-0.39, 0.29) is 11.8 Å².